The Balaban J connectivity index is 1.56. The summed E-state index contributed by atoms with van der Waals surface area (Å²) in [6.07, 6.45) is 5.23. The average Bonchev–Trinajstić information content (AvgIpc) is 3.31. The van der Waals surface area contributed by atoms with Crippen molar-refractivity contribution in [1.29, 1.82) is 0 Å². The first kappa shape index (κ1) is 23.5. The van der Waals surface area contributed by atoms with Crippen molar-refractivity contribution >= 4 is 28.7 Å². The van der Waals surface area contributed by atoms with E-state index in [1.165, 1.54) is 18.5 Å². The maximum atomic E-state index is 15.2. The Hall–Kier alpha value is -4.20. The number of rotatable bonds is 5. The van der Waals surface area contributed by atoms with Crippen LogP contribution in [-0.4, -0.2) is 55.7 Å². The summed E-state index contributed by atoms with van der Waals surface area (Å²) in [5, 5.41) is 7.39. The highest BCUT2D eigenvalue weighted by atomic mass is 19.1. The lowest BCUT2D eigenvalue weighted by atomic mass is 10.1. The van der Waals surface area contributed by atoms with E-state index in [0.717, 1.165) is 12.8 Å². The van der Waals surface area contributed by atoms with Crippen molar-refractivity contribution in [3.8, 4) is 11.8 Å². The number of carbonyl (C=O) groups excluding carboxylic acids is 2. The third kappa shape index (κ3) is 3.79. The van der Waals surface area contributed by atoms with Gasteiger partial charge in [0.25, 0.3) is 5.91 Å². The molecule has 1 aliphatic carbocycles. The Labute approximate surface area is 205 Å². The number of nitrogens with zero attached hydrogens (tertiary/aromatic N) is 5. The van der Waals surface area contributed by atoms with Gasteiger partial charge in [0.15, 0.2) is 11.5 Å². The number of hydrogen-bond acceptors (Lipinski definition) is 5. The van der Waals surface area contributed by atoms with Gasteiger partial charge in [0.1, 0.15) is 22.7 Å². The predicted octanol–water partition coefficient (Wildman–Crippen LogP) is 2.73. The summed E-state index contributed by atoms with van der Waals surface area (Å²) in [4.78, 5) is 30.3. The van der Waals surface area contributed by atoms with Gasteiger partial charge in [0.05, 0.1) is 23.4 Å². The van der Waals surface area contributed by atoms with Crippen LogP contribution in [0.4, 0.5) is 14.6 Å². The van der Waals surface area contributed by atoms with Gasteiger partial charge in [-0.1, -0.05) is 12.5 Å². The van der Waals surface area contributed by atoms with Crippen LogP contribution in [-0.2, 0) is 4.79 Å². The zero-order valence-electron chi connectivity index (χ0n) is 19.9. The van der Waals surface area contributed by atoms with E-state index in [2.05, 4.69) is 33.8 Å². The molecule has 3 heterocycles. The fourth-order valence-corrected chi connectivity index (χ4v) is 4.84. The number of fused-ring (bicyclic) bond motifs is 1. The van der Waals surface area contributed by atoms with Crippen molar-refractivity contribution in [2.75, 3.05) is 18.9 Å². The molecule has 1 unspecified atom stereocenters. The van der Waals surface area contributed by atoms with Gasteiger partial charge >= 0.3 is 0 Å². The molecule has 36 heavy (non-hydrogen) atoms. The molecule has 11 heteroatoms. The summed E-state index contributed by atoms with van der Waals surface area (Å²) in [5.41, 5.74) is 5.57. The monoisotopic (exact) mass is 493 g/mol. The first-order valence-electron chi connectivity index (χ1n) is 11.6. The number of nitrogens with two attached hydrogens (primary N) is 1. The van der Waals surface area contributed by atoms with Crippen molar-refractivity contribution in [3.63, 3.8) is 0 Å². The zero-order chi connectivity index (χ0) is 25.7. The SMILES string of the molecule is C=CC(=O)N1CC(n2nc(C#Cc3c(F)cc4c(ncn4C4CC4)c3F)c(C(N)=O)c2NC)C[C@H]1C. The Morgan fingerprint density at radius 2 is 2.03 bits per heavy atom. The highest BCUT2D eigenvalue weighted by molar-refractivity contribution is 6.00. The summed E-state index contributed by atoms with van der Waals surface area (Å²) < 4.78 is 33.4. The summed E-state index contributed by atoms with van der Waals surface area (Å²) in [6, 6.07) is 1.09. The molecule has 2 aliphatic rings. The third-order valence-electron chi connectivity index (χ3n) is 6.76. The Morgan fingerprint density at radius 1 is 1.28 bits per heavy atom. The predicted molar refractivity (Wildman–Crippen MR) is 129 cm³/mol. The number of aromatic nitrogens is 4. The van der Waals surface area contributed by atoms with E-state index in [0.29, 0.717) is 24.3 Å². The molecular weight excluding hydrogens is 468 g/mol. The molecule has 1 saturated carbocycles. The largest absolute Gasteiger partial charge is 0.373 e. The van der Waals surface area contributed by atoms with Crippen LogP contribution in [0.2, 0.25) is 0 Å². The molecule has 2 amide bonds. The molecule has 1 saturated heterocycles. The number of likely N-dealkylation sites (tertiary alicyclic amines) is 1. The molecule has 5 rings (SSSR count). The second-order valence-corrected chi connectivity index (χ2v) is 9.11. The number of amides is 2. The van der Waals surface area contributed by atoms with Crippen molar-refractivity contribution in [2.24, 2.45) is 5.73 Å². The molecule has 9 nitrogen and oxygen atoms in total. The van der Waals surface area contributed by atoms with E-state index >= 15 is 4.39 Å². The van der Waals surface area contributed by atoms with E-state index in [4.69, 9.17) is 5.73 Å². The van der Waals surface area contributed by atoms with Gasteiger partial charge in [0, 0.05) is 31.7 Å². The zero-order valence-corrected chi connectivity index (χ0v) is 19.9. The van der Waals surface area contributed by atoms with E-state index in [9.17, 15) is 14.0 Å². The molecule has 1 aromatic carbocycles. The maximum Gasteiger partial charge on any atom is 0.255 e. The van der Waals surface area contributed by atoms with E-state index < -0.39 is 23.1 Å². The van der Waals surface area contributed by atoms with Crippen molar-refractivity contribution in [2.45, 2.75) is 44.3 Å². The molecule has 2 aromatic heterocycles. The molecule has 0 spiro atoms. The van der Waals surface area contributed by atoms with E-state index in [-0.39, 0.29) is 40.8 Å². The minimum absolute atomic E-state index is 0.00561. The van der Waals surface area contributed by atoms with Gasteiger partial charge in [0.2, 0.25) is 5.91 Å². The van der Waals surface area contributed by atoms with Gasteiger partial charge < -0.3 is 20.5 Å². The normalized spacial score (nSPS) is 19.3. The average molecular weight is 494 g/mol. The Kier molecular flexibility index (Phi) is 5.74. The minimum Gasteiger partial charge on any atom is -0.373 e. The lowest BCUT2D eigenvalue weighted by Crippen LogP contribution is -2.32. The molecular formula is C25H25F2N7O2. The number of anilines is 1. The minimum atomic E-state index is -0.867. The van der Waals surface area contributed by atoms with Crippen LogP contribution in [0, 0.1) is 23.5 Å². The lowest BCUT2D eigenvalue weighted by molar-refractivity contribution is -0.126. The van der Waals surface area contributed by atoms with Crippen LogP contribution in [0.15, 0.2) is 25.0 Å². The highest BCUT2D eigenvalue weighted by Crippen LogP contribution is 2.38. The summed E-state index contributed by atoms with van der Waals surface area (Å²) >= 11 is 0. The molecule has 3 aromatic rings. The molecule has 186 valence electrons. The number of imidazole rings is 1. The van der Waals surface area contributed by atoms with Gasteiger partial charge in [-0.15, -0.1) is 0 Å². The fraction of sp³-hybridized carbons (Fsp3) is 0.360. The van der Waals surface area contributed by atoms with Gasteiger partial charge in [-0.25, -0.2) is 18.4 Å². The van der Waals surface area contributed by atoms with Crippen molar-refractivity contribution in [1.82, 2.24) is 24.2 Å². The Morgan fingerprint density at radius 3 is 2.67 bits per heavy atom. The molecule has 2 atom stereocenters. The summed E-state index contributed by atoms with van der Waals surface area (Å²) in [7, 11) is 1.60. The van der Waals surface area contributed by atoms with Crippen molar-refractivity contribution in [3.05, 3.63) is 53.5 Å². The lowest BCUT2D eigenvalue weighted by Gasteiger charge is -2.19. The van der Waals surface area contributed by atoms with Gasteiger partial charge in [-0.05, 0) is 38.2 Å². The number of halogens is 2. The topological polar surface area (TPSA) is 111 Å². The number of carbonyl (C=O) groups is 2. The fourth-order valence-electron chi connectivity index (χ4n) is 4.84. The second kappa shape index (κ2) is 8.78. The van der Waals surface area contributed by atoms with Crippen LogP contribution < -0.4 is 11.1 Å². The van der Waals surface area contributed by atoms with Crippen molar-refractivity contribution < 1.29 is 18.4 Å². The van der Waals surface area contributed by atoms with Gasteiger partial charge in [-0.2, -0.15) is 5.10 Å². The smallest absolute Gasteiger partial charge is 0.255 e. The first-order chi connectivity index (χ1) is 17.2. The number of hydrogen-bond donors (Lipinski definition) is 2. The van der Waals surface area contributed by atoms with Gasteiger partial charge in [-0.3, -0.25) is 9.59 Å². The first-order valence-corrected chi connectivity index (χ1v) is 11.6. The summed E-state index contributed by atoms with van der Waals surface area (Å²) in [5.74, 6) is 2.77. The molecule has 0 radical (unpaired) electrons. The molecule has 1 aliphatic heterocycles. The quantitative estimate of drug-likeness (QED) is 0.420. The summed E-state index contributed by atoms with van der Waals surface area (Å²) in [6.45, 7) is 5.79. The third-order valence-corrected chi connectivity index (χ3v) is 6.76. The maximum absolute atomic E-state index is 15.2. The van der Waals surface area contributed by atoms with E-state index in [1.54, 1.807) is 21.2 Å². The molecule has 2 fully saturated rings. The van der Waals surface area contributed by atoms with Crippen LogP contribution in [0.3, 0.4) is 0 Å². The van der Waals surface area contributed by atoms with Crippen LogP contribution in [0.25, 0.3) is 11.0 Å². The van der Waals surface area contributed by atoms with Crippen LogP contribution >= 0.6 is 0 Å². The molecule has 0 bridgehead atoms. The Bertz CT molecular complexity index is 1480. The van der Waals surface area contributed by atoms with Crippen LogP contribution in [0.1, 0.15) is 59.9 Å². The standard InChI is InChI=1S/C25H25F2N7O2/c1-4-20(35)32-11-15(9-13(32)2)34-25(29-3)21(24(28)36)18(31-34)8-7-16-17(26)10-19-23(22(16)27)30-12-33(19)14-5-6-14/h4,10,12-15,29H,1,5-6,9,11H2,2-3H3,(H2,28,36)/t13-,15?/m1/s1. The molecule has 3 N–H and O–H groups in total. The highest BCUT2D eigenvalue weighted by Gasteiger charge is 2.35. The number of primary amides is 1. The van der Waals surface area contributed by atoms with Crippen LogP contribution in [0.5, 0.6) is 0 Å². The number of benzene rings is 1. The van der Waals surface area contributed by atoms with E-state index in [1.807, 2.05) is 6.92 Å². The second-order valence-electron chi connectivity index (χ2n) is 9.11. The number of nitrogens with one attached hydrogen (secondary N) is 1.